The zero-order chi connectivity index (χ0) is 12.8. The summed E-state index contributed by atoms with van der Waals surface area (Å²) in [5.41, 5.74) is 8.16. The Labute approximate surface area is 108 Å². The summed E-state index contributed by atoms with van der Waals surface area (Å²) >= 11 is 0. The minimum absolute atomic E-state index is 0.694. The molecule has 18 heavy (non-hydrogen) atoms. The molecule has 3 nitrogen and oxygen atoms in total. The molecular formula is C15H20N2O. The molecule has 3 heteroatoms. The van der Waals surface area contributed by atoms with Crippen LogP contribution in [0.15, 0.2) is 34.9 Å². The Balaban J connectivity index is 1.90. The summed E-state index contributed by atoms with van der Waals surface area (Å²) in [6.45, 7) is 2.83. The first-order valence-corrected chi connectivity index (χ1v) is 6.47. The third kappa shape index (κ3) is 3.44. The van der Waals surface area contributed by atoms with E-state index in [9.17, 15) is 0 Å². The minimum atomic E-state index is 0.694. The van der Waals surface area contributed by atoms with Gasteiger partial charge in [-0.3, -0.25) is 0 Å². The summed E-state index contributed by atoms with van der Waals surface area (Å²) < 4.78 is 5.68. The molecular weight excluding hydrogens is 224 g/mol. The Morgan fingerprint density at radius 3 is 2.78 bits per heavy atom. The predicted octanol–water partition coefficient (Wildman–Crippen LogP) is 2.66. The molecule has 2 aromatic rings. The van der Waals surface area contributed by atoms with Crippen molar-refractivity contribution in [1.29, 1.82) is 0 Å². The molecule has 0 aliphatic rings. The Bertz CT molecular complexity index is 491. The van der Waals surface area contributed by atoms with Crippen molar-refractivity contribution >= 4 is 0 Å². The van der Waals surface area contributed by atoms with E-state index in [2.05, 4.69) is 36.2 Å². The second-order valence-electron chi connectivity index (χ2n) is 4.54. The van der Waals surface area contributed by atoms with Crippen LogP contribution < -0.4 is 5.73 Å². The van der Waals surface area contributed by atoms with E-state index in [0.717, 1.165) is 37.3 Å². The molecule has 0 atom stereocenters. The van der Waals surface area contributed by atoms with Crippen molar-refractivity contribution < 1.29 is 4.42 Å². The van der Waals surface area contributed by atoms with Gasteiger partial charge in [-0.2, -0.15) is 0 Å². The van der Waals surface area contributed by atoms with Gasteiger partial charge in [0.25, 0.3) is 0 Å². The number of nitrogens with zero attached hydrogens (tertiary/aromatic N) is 1. The SMILES string of the molecule is Cc1ccccc1CCc1ncc(CCCN)o1. The molecule has 0 saturated heterocycles. The standard InChI is InChI=1S/C15H20N2O/c1-12-5-2-3-6-13(12)8-9-15-17-11-14(18-15)7-4-10-16/h2-3,5-6,11H,4,7-10,16H2,1H3. The number of nitrogens with two attached hydrogens (primary N) is 1. The monoisotopic (exact) mass is 244 g/mol. The van der Waals surface area contributed by atoms with Crippen LogP contribution in [0.1, 0.15) is 29.2 Å². The number of hydrogen-bond acceptors (Lipinski definition) is 3. The van der Waals surface area contributed by atoms with Crippen molar-refractivity contribution in [1.82, 2.24) is 4.98 Å². The van der Waals surface area contributed by atoms with Crippen molar-refractivity contribution in [3.8, 4) is 0 Å². The highest BCUT2D eigenvalue weighted by atomic mass is 16.4. The van der Waals surface area contributed by atoms with Crippen molar-refractivity contribution in [2.75, 3.05) is 6.54 Å². The first kappa shape index (κ1) is 12.8. The molecule has 0 amide bonds. The summed E-state index contributed by atoms with van der Waals surface area (Å²) in [5, 5.41) is 0. The molecule has 2 N–H and O–H groups in total. The molecule has 96 valence electrons. The predicted molar refractivity (Wildman–Crippen MR) is 72.5 cm³/mol. The van der Waals surface area contributed by atoms with Crippen LogP contribution >= 0.6 is 0 Å². The molecule has 0 unspecified atom stereocenters. The fourth-order valence-electron chi connectivity index (χ4n) is 1.99. The van der Waals surface area contributed by atoms with E-state index in [1.54, 1.807) is 0 Å². The van der Waals surface area contributed by atoms with Gasteiger partial charge in [0.05, 0.1) is 6.20 Å². The van der Waals surface area contributed by atoms with Crippen molar-refractivity contribution in [3.63, 3.8) is 0 Å². The van der Waals surface area contributed by atoms with Crippen LogP contribution in [-0.4, -0.2) is 11.5 Å². The molecule has 0 aliphatic carbocycles. The molecule has 0 radical (unpaired) electrons. The van der Waals surface area contributed by atoms with Gasteiger partial charge in [-0.15, -0.1) is 0 Å². The van der Waals surface area contributed by atoms with Crippen molar-refractivity contribution in [2.24, 2.45) is 5.73 Å². The van der Waals surface area contributed by atoms with Crippen LogP contribution in [0, 0.1) is 6.92 Å². The molecule has 0 aliphatic heterocycles. The molecule has 0 saturated carbocycles. The lowest BCUT2D eigenvalue weighted by Gasteiger charge is -2.02. The molecule has 1 heterocycles. The highest BCUT2D eigenvalue weighted by molar-refractivity contribution is 5.25. The average molecular weight is 244 g/mol. The maximum Gasteiger partial charge on any atom is 0.194 e. The molecule has 0 spiro atoms. The average Bonchev–Trinajstić information content (AvgIpc) is 2.83. The first-order chi connectivity index (χ1) is 8.79. The van der Waals surface area contributed by atoms with Gasteiger partial charge in [0.1, 0.15) is 5.76 Å². The second-order valence-corrected chi connectivity index (χ2v) is 4.54. The Morgan fingerprint density at radius 2 is 2.00 bits per heavy atom. The van der Waals surface area contributed by atoms with Crippen LogP contribution in [0.5, 0.6) is 0 Å². The van der Waals surface area contributed by atoms with E-state index in [0.29, 0.717) is 6.54 Å². The third-order valence-electron chi connectivity index (χ3n) is 3.10. The number of aryl methyl sites for hydroxylation is 4. The van der Waals surface area contributed by atoms with Crippen molar-refractivity contribution in [3.05, 3.63) is 53.2 Å². The van der Waals surface area contributed by atoms with Crippen LogP contribution in [0.3, 0.4) is 0 Å². The molecule has 1 aromatic carbocycles. The molecule has 2 rings (SSSR count). The van der Waals surface area contributed by atoms with E-state index < -0.39 is 0 Å². The number of hydrogen-bond donors (Lipinski definition) is 1. The van der Waals surface area contributed by atoms with Gasteiger partial charge >= 0.3 is 0 Å². The van der Waals surface area contributed by atoms with Crippen LogP contribution in [0.4, 0.5) is 0 Å². The van der Waals surface area contributed by atoms with E-state index in [4.69, 9.17) is 10.2 Å². The Kier molecular flexibility index (Phi) is 4.53. The maximum atomic E-state index is 5.68. The summed E-state index contributed by atoms with van der Waals surface area (Å²) in [6, 6.07) is 8.44. The lowest BCUT2D eigenvalue weighted by molar-refractivity contribution is 0.450. The van der Waals surface area contributed by atoms with Crippen LogP contribution in [0.2, 0.25) is 0 Å². The van der Waals surface area contributed by atoms with Gasteiger partial charge in [0, 0.05) is 12.8 Å². The summed E-state index contributed by atoms with van der Waals surface area (Å²) in [7, 11) is 0. The number of oxazole rings is 1. The Hall–Kier alpha value is -1.61. The highest BCUT2D eigenvalue weighted by Gasteiger charge is 2.05. The minimum Gasteiger partial charge on any atom is -0.446 e. The number of aromatic nitrogens is 1. The van der Waals surface area contributed by atoms with Gasteiger partial charge in [0.15, 0.2) is 5.89 Å². The molecule has 1 aromatic heterocycles. The summed E-state index contributed by atoms with van der Waals surface area (Å²) in [4.78, 5) is 4.31. The largest absolute Gasteiger partial charge is 0.446 e. The van der Waals surface area contributed by atoms with E-state index >= 15 is 0 Å². The fraction of sp³-hybridized carbons (Fsp3) is 0.400. The lowest BCUT2D eigenvalue weighted by Crippen LogP contribution is -1.99. The summed E-state index contributed by atoms with van der Waals surface area (Å²) in [6.07, 6.45) is 5.49. The van der Waals surface area contributed by atoms with Crippen LogP contribution in [-0.2, 0) is 19.3 Å². The fourth-order valence-corrected chi connectivity index (χ4v) is 1.99. The van der Waals surface area contributed by atoms with Gasteiger partial charge in [0.2, 0.25) is 0 Å². The van der Waals surface area contributed by atoms with Crippen LogP contribution in [0.25, 0.3) is 0 Å². The number of rotatable bonds is 6. The van der Waals surface area contributed by atoms with E-state index in [1.165, 1.54) is 11.1 Å². The zero-order valence-corrected chi connectivity index (χ0v) is 10.9. The topological polar surface area (TPSA) is 52.0 Å². The van der Waals surface area contributed by atoms with E-state index in [1.807, 2.05) is 6.20 Å². The molecule has 0 bridgehead atoms. The zero-order valence-electron chi connectivity index (χ0n) is 10.9. The van der Waals surface area contributed by atoms with Gasteiger partial charge in [-0.25, -0.2) is 4.98 Å². The van der Waals surface area contributed by atoms with Crippen molar-refractivity contribution in [2.45, 2.75) is 32.6 Å². The van der Waals surface area contributed by atoms with Gasteiger partial charge < -0.3 is 10.2 Å². The molecule has 0 fully saturated rings. The smallest absolute Gasteiger partial charge is 0.194 e. The normalized spacial score (nSPS) is 10.8. The Morgan fingerprint density at radius 1 is 1.17 bits per heavy atom. The summed E-state index contributed by atoms with van der Waals surface area (Å²) in [5.74, 6) is 1.77. The highest BCUT2D eigenvalue weighted by Crippen LogP contribution is 2.12. The van der Waals surface area contributed by atoms with E-state index in [-0.39, 0.29) is 0 Å². The lowest BCUT2D eigenvalue weighted by atomic mass is 10.0. The third-order valence-corrected chi connectivity index (χ3v) is 3.10. The first-order valence-electron chi connectivity index (χ1n) is 6.47. The van der Waals surface area contributed by atoms with Gasteiger partial charge in [-0.1, -0.05) is 24.3 Å². The van der Waals surface area contributed by atoms with Gasteiger partial charge in [-0.05, 0) is 37.4 Å². The number of benzene rings is 1. The quantitative estimate of drug-likeness (QED) is 0.850. The second kappa shape index (κ2) is 6.36. The maximum absolute atomic E-state index is 5.68.